The first-order valence-electron chi connectivity index (χ1n) is 42.1. The van der Waals surface area contributed by atoms with Gasteiger partial charge in [-0.05, 0) is 241 Å². The second kappa shape index (κ2) is 42.8. The van der Waals surface area contributed by atoms with Gasteiger partial charge in [0.15, 0.2) is 27.9 Å². The maximum absolute atomic E-state index is 12.3. The van der Waals surface area contributed by atoms with Crippen LogP contribution in [-0.4, -0.2) is 150 Å². The summed E-state index contributed by atoms with van der Waals surface area (Å²) in [5.74, 6) is 0.523. The van der Waals surface area contributed by atoms with Crippen LogP contribution in [-0.2, 0) is 16.1 Å². The van der Waals surface area contributed by atoms with E-state index < -0.39 is 31.8 Å². The zero-order valence-corrected chi connectivity index (χ0v) is 72.3. The van der Waals surface area contributed by atoms with Crippen molar-refractivity contribution in [1.82, 2.24) is 51.1 Å². The molecule has 2 N–H and O–H groups in total. The van der Waals surface area contributed by atoms with Gasteiger partial charge in [0.25, 0.3) is 29.4 Å². The van der Waals surface area contributed by atoms with Gasteiger partial charge in [-0.25, -0.2) is 0 Å². The number of likely N-dealkylation sites (tertiary alicyclic amines) is 1. The first-order valence-corrected chi connectivity index (χ1v) is 42.1. The SMILES string of the molecule is C=C1CC[C@@H](COc2noc3ccc(-c4ccc(OC(F)(F)F)cc4)cc23)N1.C=C1CC[C@H](COc2noc3ccc(-c4ccc(OC(F)(F)F)cc4)cc23)N1.COCCOc1noc2ccc(-c3ccc(OC(F)(F)F)cc3)cc12.FC(F)(F)Oc1ccc(-c2ccc3onc(OCCn4cccn4)c3c2)cc1.O=C1CCCN1CCOc1noc2ccc(-c3ccc(OC(F)(F)F)cc3)cc12. The van der Waals surface area contributed by atoms with E-state index in [9.17, 15) is 70.7 Å². The number of hydrogen-bond donors (Lipinski definition) is 2. The number of alkyl halides is 15. The van der Waals surface area contributed by atoms with Crippen molar-refractivity contribution in [1.29, 1.82) is 0 Å². The number of nitrogens with zero attached hydrogens (tertiary/aromatic N) is 8. The van der Waals surface area contributed by atoms with Crippen LogP contribution in [0, 0.1) is 0 Å². The van der Waals surface area contributed by atoms with Gasteiger partial charge in [0.1, 0.15) is 61.8 Å². The van der Waals surface area contributed by atoms with Gasteiger partial charge in [-0.15, -0.1) is 65.9 Å². The van der Waals surface area contributed by atoms with E-state index in [1.165, 1.54) is 72.8 Å². The molecule has 3 saturated heterocycles. The van der Waals surface area contributed by atoms with Crippen molar-refractivity contribution in [3.05, 3.63) is 255 Å². The molecule has 3 aliphatic rings. The Morgan fingerprint density at radius 2 is 0.630 bits per heavy atom. The standard InChI is InChI=1S/C20H17F3N2O4.2C20H17F3N2O3.C19H14F3N3O3.C17H14F3NO4/c21-20(22,23)28-15-6-3-13(4-7-15)14-5-8-17-16(12-14)19(24-29-17)27-11-10-25-9-1-2-18(25)26;2*1-12-2-6-15(24-12)11-26-19-17-10-14(5-9-18(17)28-25-19)13-3-7-16(8-4-13)27-20(21,22)23;20-19(21,22)27-15-5-2-13(3-6-15)14-4-7-17-16(12-14)18(24-28-17)26-11-10-25-9-1-8-23-25;1-22-8-9-23-16-14-10-12(4-7-15(14)25-21-16)11-2-5-13(6-3-11)24-17(18,19)20/h3-8,12H,1-2,9-11H2;2*3-5,7-10,15,24H,1-2,6,11H2;1-9,12H,10-11H2;2-7,10H,8-9H2,1H3/t;2*15-;;/m.10../s1. The van der Waals surface area contributed by atoms with E-state index in [4.69, 9.17) is 51.0 Å². The molecule has 0 aliphatic carbocycles. The number of nitrogens with one attached hydrogen (secondary N) is 2. The molecule has 3 aliphatic heterocycles. The molecule has 1 amide bonds. The fourth-order valence-corrected chi connectivity index (χ4v) is 14.5. The Labute approximate surface area is 771 Å². The lowest BCUT2D eigenvalue weighted by Gasteiger charge is -2.14. The lowest BCUT2D eigenvalue weighted by molar-refractivity contribution is -0.275. The molecule has 27 nitrogen and oxygen atoms in total. The van der Waals surface area contributed by atoms with Gasteiger partial charge >= 0.3 is 31.8 Å². The number of aromatic nitrogens is 7. The molecule has 0 spiro atoms. The van der Waals surface area contributed by atoms with E-state index in [1.807, 2.05) is 30.5 Å². The summed E-state index contributed by atoms with van der Waals surface area (Å²) in [6, 6.07) is 57.1. The van der Waals surface area contributed by atoms with Crippen LogP contribution in [0.25, 0.3) is 110 Å². The highest BCUT2D eigenvalue weighted by Gasteiger charge is 2.36. The normalized spacial score (nSPS) is 14.4. The molecule has 0 saturated carbocycles. The Kier molecular flexibility index (Phi) is 30.0. The van der Waals surface area contributed by atoms with Crippen molar-refractivity contribution in [2.24, 2.45) is 0 Å². The number of carbonyl (C=O) groups is 1. The van der Waals surface area contributed by atoms with Crippen molar-refractivity contribution in [2.75, 3.05) is 59.8 Å². The number of rotatable bonds is 28. The molecule has 10 aromatic carbocycles. The molecule has 6 aromatic heterocycles. The molecule has 0 unspecified atom stereocenters. The van der Waals surface area contributed by atoms with Crippen LogP contribution in [0.5, 0.6) is 58.1 Å². The molecule has 19 rings (SSSR count). The van der Waals surface area contributed by atoms with Crippen LogP contribution < -0.4 is 58.0 Å². The van der Waals surface area contributed by atoms with Crippen LogP contribution in [0.4, 0.5) is 65.9 Å². The average molecular weight is 1930 g/mol. The zero-order valence-electron chi connectivity index (χ0n) is 72.3. The van der Waals surface area contributed by atoms with Crippen molar-refractivity contribution in [3.63, 3.8) is 0 Å². The number of allylic oxidation sites excluding steroid dienone is 2. The van der Waals surface area contributed by atoms with Crippen LogP contribution in [0.3, 0.4) is 0 Å². The lowest BCUT2D eigenvalue weighted by Crippen LogP contribution is -2.29. The molecule has 138 heavy (non-hydrogen) atoms. The number of halogens is 15. The molecule has 0 bridgehead atoms. The predicted molar refractivity (Wildman–Crippen MR) is 469 cm³/mol. The highest BCUT2D eigenvalue weighted by Crippen LogP contribution is 2.40. The summed E-state index contributed by atoms with van der Waals surface area (Å²) < 4.78 is 265. The summed E-state index contributed by atoms with van der Waals surface area (Å²) in [6.45, 7) is 11.8. The number of ether oxygens (including phenoxy) is 11. The molecule has 720 valence electrons. The smallest absolute Gasteiger partial charge is 0.473 e. The number of fused-ring (bicyclic) bond motifs is 5. The van der Waals surface area contributed by atoms with Crippen LogP contribution in [0.2, 0.25) is 0 Å². The third-order valence-corrected chi connectivity index (χ3v) is 21.0. The molecule has 3 fully saturated rings. The Morgan fingerprint density at radius 1 is 0.355 bits per heavy atom. The van der Waals surface area contributed by atoms with Crippen LogP contribution in [0.15, 0.2) is 278 Å². The van der Waals surface area contributed by atoms with Crippen molar-refractivity contribution >= 4 is 60.8 Å². The third-order valence-electron chi connectivity index (χ3n) is 21.0. The van der Waals surface area contributed by atoms with Gasteiger partial charge < -0.3 is 90.3 Å². The number of methoxy groups -OCH3 is 1. The topological polar surface area (TPSA) is 294 Å². The quantitative estimate of drug-likeness (QED) is 0.0340. The Morgan fingerprint density at radius 3 is 0.877 bits per heavy atom. The van der Waals surface area contributed by atoms with Crippen molar-refractivity contribution in [3.8, 4) is 114 Å². The van der Waals surface area contributed by atoms with Gasteiger partial charge in [0.05, 0.1) is 58.7 Å². The Balaban J connectivity index is 0.000000131. The van der Waals surface area contributed by atoms with Gasteiger partial charge in [0, 0.05) is 43.9 Å². The lowest BCUT2D eigenvalue weighted by atomic mass is 10.0. The molecule has 42 heteroatoms. The minimum Gasteiger partial charge on any atom is -0.473 e. The summed E-state index contributed by atoms with van der Waals surface area (Å²) in [5.41, 5.74) is 12.3. The van der Waals surface area contributed by atoms with E-state index in [0.29, 0.717) is 149 Å². The molecule has 0 radical (unpaired) electrons. The van der Waals surface area contributed by atoms with E-state index in [0.717, 1.165) is 100 Å². The molecule has 2 atom stereocenters. The fraction of sp³-hybridized carbons (Fsp3) is 0.240. The largest absolute Gasteiger partial charge is 0.573 e. The number of carbonyl (C=O) groups excluding carboxylic acids is 1. The first kappa shape index (κ1) is 96.8. The maximum Gasteiger partial charge on any atom is 0.573 e. The second-order valence-corrected chi connectivity index (χ2v) is 30.7. The molecule has 9 heterocycles. The minimum absolute atomic E-state index is 0.124. The second-order valence-electron chi connectivity index (χ2n) is 30.7. The van der Waals surface area contributed by atoms with Crippen molar-refractivity contribution in [2.45, 2.75) is 89.0 Å². The Bertz CT molecular complexity index is 6620. The predicted octanol–water partition coefficient (Wildman–Crippen LogP) is 23.6. The van der Waals surface area contributed by atoms with Crippen molar-refractivity contribution < 1.29 is 145 Å². The average Bonchev–Trinajstić information content (AvgIpc) is 1.66. The monoisotopic (exact) mass is 1930 g/mol. The Hall–Kier alpha value is -15.8. The van der Waals surface area contributed by atoms with Gasteiger partial charge in [-0.1, -0.05) is 104 Å². The van der Waals surface area contributed by atoms with Gasteiger partial charge in [0.2, 0.25) is 5.91 Å². The summed E-state index contributed by atoms with van der Waals surface area (Å²) in [4.78, 5) is 13.4. The summed E-state index contributed by atoms with van der Waals surface area (Å²) >= 11 is 0. The van der Waals surface area contributed by atoms with E-state index in [1.54, 1.807) is 144 Å². The number of amides is 1. The molecular formula is C96H79F15N10O17. The number of hydrogen-bond acceptors (Lipinski definition) is 25. The fourth-order valence-electron chi connectivity index (χ4n) is 14.5. The zero-order chi connectivity index (χ0) is 97.3. The highest BCUT2D eigenvalue weighted by atomic mass is 19.4. The molecular weight excluding hydrogens is 1850 g/mol. The summed E-state index contributed by atoms with van der Waals surface area (Å²) in [5, 5.41) is 33.6. The van der Waals surface area contributed by atoms with Crippen LogP contribution >= 0.6 is 0 Å². The van der Waals surface area contributed by atoms with E-state index in [2.05, 4.69) is 78.4 Å². The summed E-state index contributed by atoms with van der Waals surface area (Å²) in [6.07, 6.45) is -14.9. The maximum atomic E-state index is 12.3. The highest BCUT2D eigenvalue weighted by molar-refractivity contribution is 5.91. The van der Waals surface area contributed by atoms with Crippen LogP contribution in [0.1, 0.15) is 38.5 Å². The van der Waals surface area contributed by atoms with E-state index in [-0.39, 0.29) is 46.7 Å². The summed E-state index contributed by atoms with van der Waals surface area (Å²) in [7, 11) is 1.56. The van der Waals surface area contributed by atoms with E-state index >= 15 is 0 Å². The minimum atomic E-state index is -4.73. The third kappa shape index (κ3) is 27.1. The number of benzene rings is 10. The first-order chi connectivity index (χ1) is 66.1. The van der Waals surface area contributed by atoms with Gasteiger partial charge in [-0.2, -0.15) is 5.10 Å². The van der Waals surface area contributed by atoms with Gasteiger partial charge in [-0.3, -0.25) is 9.48 Å². The molecule has 16 aromatic rings.